The van der Waals surface area contributed by atoms with E-state index in [9.17, 15) is 13.2 Å². The molecule has 0 fully saturated rings. The molecule has 0 saturated carbocycles. The number of nitrogens with zero attached hydrogens (tertiary/aromatic N) is 1. The van der Waals surface area contributed by atoms with Crippen LogP contribution in [0.4, 0.5) is 13.2 Å². The lowest BCUT2D eigenvalue weighted by Crippen LogP contribution is -2.31. The minimum absolute atomic E-state index is 0.214. The Morgan fingerprint density at radius 2 is 1.72 bits per heavy atom. The Morgan fingerprint density at radius 3 is 2.17 bits per heavy atom. The second kappa shape index (κ2) is 7.03. The van der Waals surface area contributed by atoms with Gasteiger partial charge in [-0.1, -0.05) is 6.08 Å². The molecule has 18 heavy (non-hydrogen) atoms. The van der Waals surface area contributed by atoms with Crippen LogP contribution >= 0.6 is 0 Å². The summed E-state index contributed by atoms with van der Waals surface area (Å²) in [4.78, 5) is 0. The van der Waals surface area contributed by atoms with E-state index in [1.165, 1.54) is 19.9 Å². The molecule has 0 radical (unpaired) electrons. The molecule has 0 saturated heterocycles. The second-order valence-electron chi connectivity index (χ2n) is 4.77. The fourth-order valence-corrected chi connectivity index (χ4v) is 0.868. The molecular weight excluding hydrogens is 241 g/mol. The van der Waals surface area contributed by atoms with Crippen LogP contribution in [0.2, 0.25) is 0 Å². The minimum Gasteiger partial charge on any atom is -0.305 e. The largest absolute Gasteiger partial charge is 0.305 e. The van der Waals surface area contributed by atoms with Gasteiger partial charge in [0.1, 0.15) is 0 Å². The van der Waals surface area contributed by atoms with Crippen molar-refractivity contribution in [3.05, 3.63) is 35.7 Å². The van der Waals surface area contributed by atoms with E-state index in [0.717, 1.165) is 12.2 Å². The van der Waals surface area contributed by atoms with Gasteiger partial charge in [-0.15, -0.1) is 0 Å². The summed E-state index contributed by atoms with van der Waals surface area (Å²) < 4.78 is 39.4. The van der Waals surface area contributed by atoms with Gasteiger partial charge < -0.3 is 5.43 Å². The lowest BCUT2D eigenvalue weighted by atomic mass is 10.1. The molecule has 0 aromatic rings. The maximum Gasteiger partial charge on any atom is 0.194 e. The van der Waals surface area contributed by atoms with E-state index in [0.29, 0.717) is 0 Å². The second-order valence-corrected chi connectivity index (χ2v) is 4.77. The highest BCUT2D eigenvalue weighted by atomic mass is 19.2. The van der Waals surface area contributed by atoms with Gasteiger partial charge in [-0.25, -0.2) is 13.2 Å². The summed E-state index contributed by atoms with van der Waals surface area (Å²) in [5.74, 6) is -4.07. The molecule has 0 aliphatic carbocycles. The van der Waals surface area contributed by atoms with Crippen LogP contribution in [0.25, 0.3) is 0 Å². The molecule has 0 atom stereocenters. The summed E-state index contributed by atoms with van der Waals surface area (Å²) in [7, 11) is 0. The Bertz CT molecular complexity index is 399. The Labute approximate surface area is 106 Å². The summed E-state index contributed by atoms with van der Waals surface area (Å²) in [6.45, 7) is 8.61. The van der Waals surface area contributed by atoms with Crippen molar-refractivity contribution in [2.24, 2.45) is 5.10 Å². The zero-order valence-corrected chi connectivity index (χ0v) is 11.3. The number of hydrogen-bond donors (Lipinski definition) is 1. The van der Waals surface area contributed by atoms with Crippen LogP contribution in [0.5, 0.6) is 0 Å². The van der Waals surface area contributed by atoms with E-state index >= 15 is 0 Å². The van der Waals surface area contributed by atoms with Crippen molar-refractivity contribution in [3.8, 4) is 0 Å². The molecule has 0 unspecified atom stereocenters. The van der Waals surface area contributed by atoms with Crippen LogP contribution in [0.3, 0.4) is 0 Å². The Hall–Kier alpha value is -1.52. The third-order valence-electron chi connectivity index (χ3n) is 1.64. The van der Waals surface area contributed by atoms with E-state index in [1.54, 1.807) is 0 Å². The highest BCUT2D eigenvalue weighted by molar-refractivity contribution is 5.93. The van der Waals surface area contributed by atoms with Gasteiger partial charge in [0.15, 0.2) is 17.5 Å². The van der Waals surface area contributed by atoms with Gasteiger partial charge in [0.2, 0.25) is 0 Å². The molecule has 0 aliphatic heterocycles. The fourth-order valence-electron chi connectivity index (χ4n) is 0.868. The van der Waals surface area contributed by atoms with E-state index < -0.39 is 17.5 Å². The van der Waals surface area contributed by atoms with Gasteiger partial charge in [-0.05, 0) is 46.8 Å². The van der Waals surface area contributed by atoms with Crippen molar-refractivity contribution < 1.29 is 13.2 Å². The molecule has 102 valence electrons. The first-order chi connectivity index (χ1) is 8.17. The maximum absolute atomic E-state index is 13.3. The SMILES string of the molecule is C\C=C/C(F)=C(F)\C(F)=C\C(C)=N\NC(C)(C)C. The maximum atomic E-state index is 13.3. The molecule has 0 bridgehead atoms. The predicted octanol–water partition coefficient (Wildman–Crippen LogP) is 4.33. The molecule has 0 spiro atoms. The third kappa shape index (κ3) is 6.93. The molecule has 5 heteroatoms. The highest BCUT2D eigenvalue weighted by Crippen LogP contribution is 2.19. The van der Waals surface area contributed by atoms with Gasteiger partial charge in [-0.2, -0.15) is 5.10 Å². The fraction of sp³-hybridized carbons (Fsp3) is 0.462. The zero-order chi connectivity index (χ0) is 14.3. The predicted molar refractivity (Wildman–Crippen MR) is 69.2 cm³/mol. The van der Waals surface area contributed by atoms with Crippen LogP contribution < -0.4 is 5.43 Å². The van der Waals surface area contributed by atoms with Gasteiger partial charge in [0, 0.05) is 5.54 Å². The third-order valence-corrected chi connectivity index (χ3v) is 1.64. The lowest BCUT2D eigenvalue weighted by molar-refractivity contribution is 0.441. The van der Waals surface area contributed by atoms with E-state index in [4.69, 9.17) is 0 Å². The average Bonchev–Trinajstić information content (AvgIpc) is 2.24. The molecule has 0 heterocycles. The van der Waals surface area contributed by atoms with Crippen LogP contribution in [0.1, 0.15) is 34.6 Å². The smallest absolute Gasteiger partial charge is 0.194 e. The number of nitrogens with one attached hydrogen (secondary N) is 1. The van der Waals surface area contributed by atoms with Crippen LogP contribution in [0, 0.1) is 0 Å². The summed E-state index contributed by atoms with van der Waals surface area (Å²) in [6, 6.07) is 0. The number of allylic oxidation sites excluding steroid dienone is 6. The number of hydrogen-bond acceptors (Lipinski definition) is 2. The topological polar surface area (TPSA) is 24.4 Å². The standard InChI is InChI=1S/C13H19F3N2/c1-6-7-10(14)12(16)11(15)8-9(2)17-18-13(3,4)5/h6-8,18H,1-5H3/b7-6-,11-8-,12-10-,17-9+. The van der Waals surface area contributed by atoms with Crippen molar-refractivity contribution in [1.82, 2.24) is 5.43 Å². The molecule has 1 N–H and O–H groups in total. The lowest BCUT2D eigenvalue weighted by Gasteiger charge is -2.17. The summed E-state index contributed by atoms with van der Waals surface area (Å²) in [6.07, 6.45) is 2.96. The van der Waals surface area contributed by atoms with Crippen molar-refractivity contribution in [1.29, 1.82) is 0 Å². The molecule has 0 aliphatic rings. The van der Waals surface area contributed by atoms with Gasteiger partial charge in [-0.3, -0.25) is 0 Å². The summed E-state index contributed by atoms with van der Waals surface area (Å²) in [5, 5.41) is 3.84. The number of rotatable bonds is 4. The van der Waals surface area contributed by atoms with Crippen molar-refractivity contribution >= 4 is 5.71 Å². The van der Waals surface area contributed by atoms with E-state index in [-0.39, 0.29) is 11.3 Å². The number of halogens is 3. The van der Waals surface area contributed by atoms with Crippen molar-refractivity contribution in [3.63, 3.8) is 0 Å². The quantitative estimate of drug-likeness (QED) is 0.454. The number of hydrazone groups is 1. The van der Waals surface area contributed by atoms with Crippen LogP contribution in [-0.4, -0.2) is 11.3 Å². The first-order valence-corrected chi connectivity index (χ1v) is 5.54. The molecule has 2 nitrogen and oxygen atoms in total. The zero-order valence-electron chi connectivity index (χ0n) is 11.3. The van der Waals surface area contributed by atoms with Crippen LogP contribution in [0.15, 0.2) is 40.8 Å². The molecule has 0 aromatic carbocycles. The monoisotopic (exact) mass is 260 g/mol. The normalized spacial score (nSPS) is 16.0. The Kier molecular flexibility index (Phi) is 6.44. The van der Waals surface area contributed by atoms with E-state index in [1.807, 2.05) is 20.8 Å². The molecular formula is C13H19F3N2. The highest BCUT2D eigenvalue weighted by Gasteiger charge is 2.10. The van der Waals surface area contributed by atoms with Crippen molar-refractivity contribution in [2.45, 2.75) is 40.2 Å². The molecule has 0 amide bonds. The first-order valence-electron chi connectivity index (χ1n) is 5.54. The van der Waals surface area contributed by atoms with Gasteiger partial charge in [0.05, 0.1) is 5.71 Å². The van der Waals surface area contributed by atoms with Gasteiger partial charge >= 0.3 is 0 Å². The summed E-state index contributed by atoms with van der Waals surface area (Å²) >= 11 is 0. The molecule has 0 aromatic heterocycles. The minimum atomic E-state index is -1.53. The van der Waals surface area contributed by atoms with Crippen molar-refractivity contribution in [2.75, 3.05) is 0 Å². The van der Waals surface area contributed by atoms with Gasteiger partial charge in [0.25, 0.3) is 0 Å². The average molecular weight is 260 g/mol. The van der Waals surface area contributed by atoms with Crippen LogP contribution in [-0.2, 0) is 0 Å². The first kappa shape index (κ1) is 16.5. The Morgan fingerprint density at radius 1 is 1.17 bits per heavy atom. The van der Waals surface area contributed by atoms with E-state index in [2.05, 4.69) is 10.5 Å². The Balaban J connectivity index is 4.94. The molecule has 0 rings (SSSR count). The summed E-state index contributed by atoms with van der Waals surface area (Å²) in [5.41, 5.74) is 2.68.